The summed E-state index contributed by atoms with van der Waals surface area (Å²) in [5.41, 5.74) is 8.76. The van der Waals surface area contributed by atoms with Gasteiger partial charge < -0.3 is 20.8 Å². The average Bonchev–Trinajstić information content (AvgIpc) is 2.79. The Kier molecular flexibility index (Phi) is 4.41. The molecule has 0 unspecified atom stereocenters. The molecule has 2 rings (SSSR count). The fraction of sp³-hybridized carbons (Fsp3) is 0.357. The van der Waals surface area contributed by atoms with E-state index in [1.165, 1.54) is 0 Å². The maximum atomic E-state index is 11.4. The van der Waals surface area contributed by atoms with Gasteiger partial charge >= 0.3 is 0 Å². The van der Waals surface area contributed by atoms with Crippen LogP contribution >= 0.6 is 0 Å². The minimum absolute atomic E-state index is 0.0150. The molecule has 0 aliphatic carbocycles. The summed E-state index contributed by atoms with van der Waals surface area (Å²) in [5, 5.41) is 3.99. The number of hydrogen-bond donors (Lipinski definition) is 3. The molecule has 1 heterocycles. The molecule has 0 radical (unpaired) electrons. The Morgan fingerprint density at radius 3 is 3.11 bits per heavy atom. The number of amides is 1. The Morgan fingerprint density at radius 1 is 1.47 bits per heavy atom. The third-order valence-corrected chi connectivity index (χ3v) is 3.04. The number of nitrogen functional groups attached to an aromatic ring is 1. The molecule has 0 aliphatic heterocycles. The summed E-state index contributed by atoms with van der Waals surface area (Å²) < 4.78 is 4.86. The standard InChI is InChI=1S/C14H19N3O2/c1-19-7-5-14(18)16-6-4-10-9-17-13-3-2-11(15)8-12(10)13/h2-3,8-9,17H,4-7,15H2,1H3,(H,16,18). The summed E-state index contributed by atoms with van der Waals surface area (Å²) in [6.07, 6.45) is 3.14. The summed E-state index contributed by atoms with van der Waals surface area (Å²) in [7, 11) is 1.59. The van der Waals surface area contributed by atoms with E-state index in [2.05, 4.69) is 10.3 Å². The van der Waals surface area contributed by atoms with E-state index in [9.17, 15) is 4.79 Å². The molecule has 0 atom stereocenters. The Morgan fingerprint density at radius 2 is 2.32 bits per heavy atom. The number of rotatable bonds is 6. The molecule has 4 N–H and O–H groups in total. The number of nitrogens with two attached hydrogens (primary N) is 1. The third kappa shape index (κ3) is 3.48. The van der Waals surface area contributed by atoms with E-state index in [4.69, 9.17) is 10.5 Å². The van der Waals surface area contributed by atoms with Crippen molar-refractivity contribution in [2.45, 2.75) is 12.8 Å². The van der Waals surface area contributed by atoms with E-state index in [1.54, 1.807) is 7.11 Å². The number of nitrogens with one attached hydrogen (secondary N) is 2. The Bertz CT molecular complexity index is 563. The Hall–Kier alpha value is -2.01. The van der Waals surface area contributed by atoms with Gasteiger partial charge in [0.1, 0.15) is 0 Å². The lowest BCUT2D eigenvalue weighted by Crippen LogP contribution is -2.26. The van der Waals surface area contributed by atoms with Gasteiger partial charge in [0.05, 0.1) is 6.61 Å². The maximum absolute atomic E-state index is 11.4. The molecule has 0 saturated heterocycles. The second-order valence-corrected chi connectivity index (χ2v) is 4.46. The summed E-state index contributed by atoms with van der Waals surface area (Å²) in [6, 6.07) is 5.79. The van der Waals surface area contributed by atoms with Crippen LogP contribution in [-0.2, 0) is 16.0 Å². The van der Waals surface area contributed by atoms with Gasteiger partial charge in [-0.3, -0.25) is 4.79 Å². The van der Waals surface area contributed by atoms with Gasteiger partial charge in [0.15, 0.2) is 0 Å². The van der Waals surface area contributed by atoms with Gasteiger partial charge in [-0.05, 0) is 30.2 Å². The molecule has 0 aliphatic rings. The van der Waals surface area contributed by atoms with Gasteiger partial charge in [0, 0.05) is 42.9 Å². The monoisotopic (exact) mass is 261 g/mol. The van der Waals surface area contributed by atoms with Crippen molar-refractivity contribution in [3.63, 3.8) is 0 Å². The van der Waals surface area contributed by atoms with Crippen LogP contribution in [0, 0.1) is 0 Å². The lowest BCUT2D eigenvalue weighted by Gasteiger charge is -2.04. The zero-order valence-electron chi connectivity index (χ0n) is 11.0. The van der Waals surface area contributed by atoms with Gasteiger partial charge in [-0.1, -0.05) is 0 Å². The summed E-state index contributed by atoms with van der Waals surface area (Å²) in [6.45, 7) is 1.07. The first kappa shape index (κ1) is 13.4. The van der Waals surface area contributed by atoms with E-state index < -0.39 is 0 Å². The van der Waals surface area contributed by atoms with Crippen LogP contribution in [0.1, 0.15) is 12.0 Å². The van der Waals surface area contributed by atoms with Crippen molar-refractivity contribution in [1.29, 1.82) is 0 Å². The molecule has 102 valence electrons. The van der Waals surface area contributed by atoms with Gasteiger partial charge in [-0.15, -0.1) is 0 Å². The van der Waals surface area contributed by atoms with Crippen molar-refractivity contribution in [2.24, 2.45) is 0 Å². The highest BCUT2D eigenvalue weighted by Crippen LogP contribution is 2.21. The first-order valence-electron chi connectivity index (χ1n) is 6.32. The highest BCUT2D eigenvalue weighted by atomic mass is 16.5. The van der Waals surface area contributed by atoms with Crippen LogP contribution < -0.4 is 11.1 Å². The second-order valence-electron chi connectivity index (χ2n) is 4.46. The van der Waals surface area contributed by atoms with Crippen molar-refractivity contribution in [1.82, 2.24) is 10.3 Å². The SMILES string of the molecule is COCCC(=O)NCCc1c[nH]c2ccc(N)cc12. The lowest BCUT2D eigenvalue weighted by molar-refractivity contribution is -0.121. The Balaban J connectivity index is 1.91. The molecule has 0 fully saturated rings. The molecule has 1 aromatic carbocycles. The predicted octanol–water partition coefficient (Wildman–Crippen LogP) is 1.45. The first-order valence-corrected chi connectivity index (χ1v) is 6.32. The first-order chi connectivity index (χ1) is 9.20. The van der Waals surface area contributed by atoms with Crippen molar-refractivity contribution in [3.8, 4) is 0 Å². The molecule has 5 heteroatoms. The van der Waals surface area contributed by atoms with Crippen LogP contribution in [0.15, 0.2) is 24.4 Å². The summed E-state index contributed by atoms with van der Waals surface area (Å²) >= 11 is 0. The molecule has 0 spiro atoms. The van der Waals surface area contributed by atoms with Crippen LogP contribution in [0.4, 0.5) is 5.69 Å². The van der Waals surface area contributed by atoms with Gasteiger partial charge in [-0.2, -0.15) is 0 Å². The number of ether oxygens (including phenoxy) is 1. The number of methoxy groups -OCH3 is 1. The number of carbonyl (C=O) groups excluding carboxylic acids is 1. The molecule has 1 amide bonds. The normalized spacial score (nSPS) is 10.8. The number of fused-ring (bicyclic) bond motifs is 1. The minimum Gasteiger partial charge on any atom is -0.399 e. The molecular formula is C14H19N3O2. The van der Waals surface area contributed by atoms with Crippen LogP contribution in [0.25, 0.3) is 10.9 Å². The zero-order chi connectivity index (χ0) is 13.7. The third-order valence-electron chi connectivity index (χ3n) is 3.04. The fourth-order valence-electron chi connectivity index (χ4n) is 2.02. The van der Waals surface area contributed by atoms with Gasteiger partial charge in [-0.25, -0.2) is 0 Å². The van der Waals surface area contributed by atoms with Crippen molar-refractivity contribution < 1.29 is 9.53 Å². The molecule has 0 bridgehead atoms. The largest absolute Gasteiger partial charge is 0.399 e. The topological polar surface area (TPSA) is 80.1 Å². The number of hydrogen-bond acceptors (Lipinski definition) is 3. The molecule has 2 aromatic rings. The Labute approximate surface area is 112 Å². The van der Waals surface area contributed by atoms with Crippen LogP contribution in [0.3, 0.4) is 0 Å². The highest BCUT2D eigenvalue weighted by molar-refractivity contribution is 5.86. The number of aromatic nitrogens is 1. The minimum atomic E-state index is 0.0150. The molecule has 0 saturated carbocycles. The van der Waals surface area contributed by atoms with E-state index in [1.807, 2.05) is 24.4 Å². The molecule has 5 nitrogen and oxygen atoms in total. The number of aromatic amines is 1. The maximum Gasteiger partial charge on any atom is 0.222 e. The van der Waals surface area contributed by atoms with Crippen LogP contribution in [-0.4, -0.2) is 31.2 Å². The average molecular weight is 261 g/mol. The quantitative estimate of drug-likeness (QED) is 0.688. The highest BCUT2D eigenvalue weighted by Gasteiger charge is 2.05. The fourth-order valence-corrected chi connectivity index (χ4v) is 2.02. The smallest absolute Gasteiger partial charge is 0.222 e. The van der Waals surface area contributed by atoms with E-state index in [0.29, 0.717) is 19.6 Å². The molecular weight excluding hydrogens is 242 g/mol. The number of anilines is 1. The van der Waals surface area contributed by atoms with E-state index in [0.717, 1.165) is 28.6 Å². The summed E-state index contributed by atoms with van der Waals surface area (Å²) in [5.74, 6) is 0.0150. The second kappa shape index (κ2) is 6.24. The predicted molar refractivity (Wildman–Crippen MR) is 75.9 cm³/mol. The van der Waals surface area contributed by atoms with Gasteiger partial charge in [0.2, 0.25) is 5.91 Å². The van der Waals surface area contributed by atoms with Crippen molar-refractivity contribution in [3.05, 3.63) is 30.0 Å². The number of benzene rings is 1. The van der Waals surface area contributed by atoms with Crippen LogP contribution in [0.2, 0.25) is 0 Å². The zero-order valence-corrected chi connectivity index (χ0v) is 11.0. The van der Waals surface area contributed by atoms with Crippen LogP contribution in [0.5, 0.6) is 0 Å². The summed E-state index contributed by atoms with van der Waals surface area (Å²) in [4.78, 5) is 14.6. The molecule has 1 aromatic heterocycles. The van der Waals surface area contributed by atoms with E-state index >= 15 is 0 Å². The van der Waals surface area contributed by atoms with E-state index in [-0.39, 0.29) is 5.91 Å². The van der Waals surface area contributed by atoms with Gasteiger partial charge in [0.25, 0.3) is 0 Å². The van der Waals surface area contributed by atoms with Crippen molar-refractivity contribution >= 4 is 22.5 Å². The lowest BCUT2D eigenvalue weighted by atomic mass is 10.1. The molecule has 19 heavy (non-hydrogen) atoms. The van der Waals surface area contributed by atoms with Crippen molar-refractivity contribution in [2.75, 3.05) is 26.0 Å². The number of H-pyrrole nitrogens is 1. The number of carbonyl (C=O) groups is 1.